The highest BCUT2D eigenvalue weighted by Crippen LogP contribution is 2.26. The Hall–Kier alpha value is -1.40. The Bertz CT molecular complexity index is 447. The lowest BCUT2D eigenvalue weighted by molar-refractivity contribution is -0.384. The molecule has 0 saturated carbocycles. The highest BCUT2D eigenvalue weighted by Gasteiger charge is 2.21. The van der Waals surface area contributed by atoms with Gasteiger partial charge in [-0.15, -0.1) is 0 Å². The van der Waals surface area contributed by atoms with Gasteiger partial charge in [0.05, 0.1) is 17.1 Å². The lowest BCUT2D eigenvalue weighted by Crippen LogP contribution is -2.35. The molecule has 6 nitrogen and oxygen atoms in total. The first kappa shape index (κ1) is 13.0. The minimum Gasteiger partial charge on any atom is -0.396 e. The molecule has 1 fully saturated rings. The van der Waals surface area contributed by atoms with Gasteiger partial charge in [-0.1, -0.05) is 11.6 Å². The van der Waals surface area contributed by atoms with E-state index >= 15 is 0 Å². The molecule has 0 amide bonds. The highest BCUT2D eigenvalue weighted by molar-refractivity contribution is 6.29. The van der Waals surface area contributed by atoms with Crippen LogP contribution in [0.5, 0.6) is 0 Å². The van der Waals surface area contributed by atoms with Crippen LogP contribution in [0.2, 0.25) is 5.15 Å². The van der Waals surface area contributed by atoms with Crippen LogP contribution in [-0.4, -0.2) is 34.7 Å². The number of piperidine rings is 1. The van der Waals surface area contributed by atoms with Gasteiger partial charge >= 0.3 is 0 Å². The van der Waals surface area contributed by atoms with E-state index in [-0.39, 0.29) is 17.4 Å². The molecule has 0 bridgehead atoms. The van der Waals surface area contributed by atoms with Crippen LogP contribution in [0.25, 0.3) is 0 Å². The van der Waals surface area contributed by atoms with Gasteiger partial charge in [-0.25, -0.2) is 4.98 Å². The van der Waals surface area contributed by atoms with Crippen LogP contribution in [0.1, 0.15) is 12.8 Å². The van der Waals surface area contributed by atoms with Crippen LogP contribution in [0, 0.1) is 16.0 Å². The maximum atomic E-state index is 10.8. The van der Waals surface area contributed by atoms with Crippen molar-refractivity contribution in [3.05, 3.63) is 27.4 Å². The Kier molecular flexibility index (Phi) is 3.98. The van der Waals surface area contributed by atoms with Gasteiger partial charge in [-0.2, -0.15) is 0 Å². The number of aliphatic hydroxyl groups excluding tert-OH is 1. The molecule has 1 aliphatic rings. The number of aromatic nitrogens is 1. The van der Waals surface area contributed by atoms with Crippen molar-refractivity contribution in [1.29, 1.82) is 0 Å². The molecule has 0 atom stereocenters. The van der Waals surface area contributed by atoms with E-state index in [1.807, 2.05) is 4.90 Å². The van der Waals surface area contributed by atoms with Crippen molar-refractivity contribution < 1.29 is 10.0 Å². The van der Waals surface area contributed by atoms with Crippen LogP contribution in [0.15, 0.2) is 12.1 Å². The summed E-state index contributed by atoms with van der Waals surface area (Å²) >= 11 is 5.79. The zero-order valence-electron chi connectivity index (χ0n) is 9.75. The van der Waals surface area contributed by atoms with Crippen molar-refractivity contribution in [2.75, 3.05) is 24.6 Å². The van der Waals surface area contributed by atoms with Crippen molar-refractivity contribution in [3.8, 4) is 0 Å². The molecule has 2 rings (SSSR count). The summed E-state index contributed by atoms with van der Waals surface area (Å²) in [6.07, 6.45) is 1.72. The molecular formula is C11H14ClN3O3. The number of hydrogen-bond acceptors (Lipinski definition) is 5. The van der Waals surface area contributed by atoms with Gasteiger partial charge in [-0.05, 0) is 18.8 Å². The molecule has 1 aromatic rings. The molecule has 7 heteroatoms. The van der Waals surface area contributed by atoms with Crippen LogP contribution >= 0.6 is 11.6 Å². The fourth-order valence-electron chi connectivity index (χ4n) is 2.08. The molecular weight excluding hydrogens is 258 g/mol. The Morgan fingerprint density at radius 2 is 2.17 bits per heavy atom. The van der Waals surface area contributed by atoms with Crippen LogP contribution in [-0.2, 0) is 0 Å². The third kappa shape index (κ3) is 2.88. The average Bonchev–Trinajstić information content (AvgIpc) is 2.38. The van der Waals surface area contributed by atoms with Gasteiger partial charge in [0.25, 0.3) is 5.69 Å². The van der Waals surface area contributed by atoms with Crippen LogP contribution in [0.4, 0.5) is 11.5 Å². The maximum absolute atomic E-state index is 10.8. The van der Waals surface area contributed by atoms with Crippen molar-refractivity contribution in [3.63, 3.8) is 0 Å². The predicted molar refractivity (Wildman–Crippen MR) is 67.9 cm³/mol. The average molecular weight is 272 g/mol. The van der Waals surface area contributed by atoms with E-state index in [2.05, 4.69) is 4.98 Å². The third-order valence-electron chi connectivity index (χ3n) is 3.17. The summed E-state index contributed by atoms with van der Waals surface area (Å²) in [7, 11) is 0. The summed E-state index contributed by atoms with van der Waals surface area (Å²) in [6, 6.07) is 2.68. The Labute approximate surface area is 109 Å². The second kappa shape index (κ2) is 5.49. The van der Waals surface area contributed by atoms with E-state index in [4.69, 9.17) is 16.7 Å². The molecule has 98 valence electrons. The molecule has 18 heavy (non-hydrogen) atoms. The largest absolute Gasteiger partial charge is 0.396 e. The minimum atomic E-state index is -0.475. The van der Waals surface area contributed by atoms with Crippen molar-refractivity contribution in [2.24, 2.45) is 5.92 Å². The van der Waals surface area contributed by atoms with E-state index in [0.717, 1.165) is 25.9 Å². The standard InChI is InChI=1S/C11H14ClN3O3/c12-10-5-9(15(17)18)6-11(13-10)14-3-1-8(7-16)2-4-14/h5-6,8,16H,1-4,7H2. The van der Waals surface area contributed by atoms with Crippen molar-refractivity contribution in [1.82, 2.24) is 4.98 Å². The van der Waals surface area contributed by atoms with E-state index < -0.39 is 4.92 Å². The second-order valence-corrected chi connectivity index (χ2v) is 4.76. The Balaban J connectivity index is 2.16. The van der Waals surface area contributed by atoms with Crippen LogP contribution in [0.3, 0.4) is 0 Å². The first-order chi connectivity index (χ1) is 8.60. The summed E-state index contributed by atoms with van der Waals surface area (Å²) in [5, 5.41) is 19.9. The van der Waals surface area contributed by atoms with Gasteiger partial charge in [0.15, 0.2) is 0 Å². The number of halogens is 1. The van der Waals surface area contributed by atoms with E-state index in [0.29, 0.717) is 11.7 Å². The van der Waals surface area contributed by atoms with E-state index in [9.17, 15) is 10.1 Å². The van der Waals surface area contributed by atoms with E-state index in [1.54, 1.807) is 0 Å². The van der Waals surface area contributed by atoms with Gasteiger partial charge in [0.1, 0.15) is 11.0 Å². The zero-order chi connectivity index (χ0) is 13.1. The Morgan fingerprint density at radius 3 is 2.72 bits per heavy atom. The van der Waals surface area contributed by atoms with Gasteiger partial charge < -0.3 is 10.0 Å². The zero-order valence-corrected chi connectivity index (χ0v) is 10.5. The summed E-state index contributed by atoms with van der Waals surface area (Å²) in [5.74, 6) is 0.848. The lowest BCUT2D eigenvalue weighted by atomic mass is 9.98. The molecule has 0 aromatic carbocycles. The number of nitrogens with zero attached hydrogens (tertiary/aromatic N) is 3. The van der Waals surface area contributed by atoms with Gasteiger partial charge in [-0.3, -0.25) is 10.1 Å². The summed E-state index contributed by atoms with van der Waals surface area (Å²) in [6.45, 7) is 1.66. The monoisotopic (exact) mass is 271 g/mol. The second-order valence-electron chi connectivity index (χ2n) is 4.38. The minimum absolute atomic E-state index is 0.0470. The number of pyridine rings is 1. The number of hydrogen-bond donors (Lipinski definition) is 1. The molecule has 2 heterocycles. The number of nitro groups is 1. The topological polar surface area (TPSA) is 79.5 Å². The highest BCUT2D eigenvalue weighted by atomic mass is 35.5. The molecule has 0 aliphatic carbocycles. The summed E-state index contributed by atoms with van der Waals surface area (Å²) in [4.78, 5) is 16.4. The normalized spacial score (nSPS) is 16.9. The quantitative estimate of drug-likeness (QED) is 0.516. The molecule has 1 N–H and O–H groups in total. The fraction of sp³-hybridized carbons (Fsp3) is 0.545. The number of aliphatic hydroxyl groups is 1. The summed E-state index contributed by atoms with van der Waals surface area (Å²) < 4.78 is 0. The molecule has 1 saturated heterocycles. The smallest absolute Gasteiger partial charge is 0.276 e. The fourth-order valence-corrected chi connectivity index (χ4v) is 2.28. The van der Waals surface area contributed by atoms with Crippen molar-refractivity contribution in [2.45, 2.75) is 12.8 Å². The van der Waals surface area contributed by atoms with Crippen LogP contribution < -0.4 is 4.90 Å². The van der Waals surface area contributed by atoms with E-state index in [1.165, 1.54) is 12.1 Å². The maximum Gasteiger partial charge on any atom is 0.276 e. The number of anilines is 1. The third-order valence-corrected chi connectivity index (χ3v) is 3.37. The molecule has 1 aliphatic heterocycles. The number of rotatable bonds is 3. The SMILES string of the molecule is O=[N+]([O-])c1cc(Cl)nc(N2CCC(CO)CC2)c1. The molecule has 0 unspecified atom stereocenters. The first-order valence-electron chi connectivity index (χ1n) is 5.78. The van der Waals surface area contributed by atoms with Gasteiger partial charge in [0.2, 0.25) is 0 Å². The van der Waals surface area contributed by atoms with Crippen molar-refractivity contribution >= 4 is 23.1 Å². The molecule has 0 radical (unpaired) electrons. The molecule has 1 aromatic heterocycles. The lowest BCUT2D eigenvalue weighted by Gasteiger charge is -2.31. The summed E-state index contributed by atoms with van der Waals surface area (Å²) in [5.41, 5.74) is -0.0470. The first-order valence-corrected chi connectivity index (χ1v) is 6.15. The Morgan fingerprint density at radius 1 is 1.50 bits per heavy atom. The van der Waals surface area contributed by atoms with Gasteiger partial charge in [0, 0.05) is 19.7 Å². The molecule has 0 spiro atoms. The predicted octanol–water partition coefficient (Wildman–Crippen LogP) is 1.85.